The highest BCUT2D eigenvalue weighted by Crippen LogP contribution is 2.23. The molecule has 0 aliphatic heterocycles. The van der Waals surface area contributed by atoms with Gasteiger partial charge < -0.3 is 5.32 Å². The van der Waals surface area contributed by atoms with Gasteiger partial charge in [-0.1, -0.05) is 6.07 Å². The molecule has 3 rings (SSSR count). The summed E-state index contributed by atoms with van der Waals surface area (Å²) in [5.74, 6) is -0.142. The second-order valence-corrected chi connectivity index (χ2v) is 7.26. The van der Waals surface area contributed by atoms with Gasteiger partial charge >= 0.3 is 0 Å². The van der Waals surface area contributed by atoms with Crippen molar-refractivity contribution in [1.29, 1.82) is 5.26 Å². The van der Waals surface area contributed by atoms with Crippen molar-refractivity contribution in [2.75, 3.05) is 16.3 Å². The van der Waals surface area contributed by atoms with Gasteiger partial charge in [0, 0.05) is 11.3 Å². The first kappa shape index (κ1) is 18.2. The molecule has 136 valence electrons. The Bertz CT molecular complexity index is 1140. The van der Waals surface area contributed by atoms with Crippen molar-refractivity contribution >= 4 is 27.3 Å². The number of sulfonamides is 1. The third kappa shape index (κ3) is 4.74. The highest BCUT2D eigenvalue weighted by molar-refractivity contribution is 7.92. The van der Waals surface area contributed by atoms with E-state index in [0.29, 0.717) is 16.9 Å². The Kier molecular flexibility index (Phi) is 4.96. The first-order valence-corrected chi connectivity index (χ1v) is 9.47. The number of anilines is 3. The monoisotopic (exact) mass is 384 g/mol. The number of nitriles is 1. The van der Waals surface area contributed by atoms with Crippen molar-refractivity contribution in [3.8, 4) is 17.5 Å². The van der Waals surface area contributed by atoms with E-state index < -0.39 is 15.8 Å². The molecule has 2 aromatic carbocycles. The summed E-state index contributed by atoms with van der Waals surface area (Å²) < 4.78 is 38.4. The highest BCUT2D eigenvalue weighted by atomic mass is 32.2. The molecule has 0 aliphatic rings. The summed E-state index contributed by atoms with van der Waals surface area (Å²) in [5.41, 5.74) is 1.39. The summed E-state index contributed by atoms with van der Waals surface area (Å²) in [5, 5.41) is 12.1. The summed E-state index contributed by atoms with van der Waals surface area (Å²) in [7, 11) is -3.40. The molecule has 0 saturated carbocycles. The van der Waals surface area contributed by atoms with Crippen molar-refractivity contribution in [1.82, 2.24) is 15.0 Å². The lowest BCUT2D eigenvalue weighted by atomic mass is 10.1. The molecule has 0 unspecified atom stereocenters. The third-order valence-corrected chi connectivity index (χ3v) is 3.94. The van der Waals surface area contributed by atoms with Crippen LogP contribution in [0.5, 0.6) is 0 Å². The van der Waals surface area contributed by atoms with Crippen LogP contribution in [0.25, 0.3) is 11.4 Å². The van der Waals surface area contributed by atoms with E-state index in [1.54, 1.807) is 24.3 Å². The summed E-state index contributed by atoms with van der Waals surface area (Å²) in [6.45, 7) is 0. The van der Waals surface area contributed by atoms with E-state index >= 15 is 0 Å². The number of nitrogens with one attached hydrogen (secondary N) is 2. The largest absolute Gasteiger partial charge is 0.324 e. The maximum Gasteiger partial charge on any atom is 0.230 e. The van der Waals surface area contributed by atoms with Crippen LogP contribution in [0.3, 0.4) is 0 Å². The van der Waals surface area contributed by atoms with Gasteiger partial charge in [0.2, 0.25) is 16.0 Å². The number of hydrogen-bond donors (Lipinski definition) is 2. The van der Waals surface area contributed by atoms with E-state index in [4.69, 9.17) is 0 Å². The first-order chi connectivity index (χ1) is 12.8. The molecule has 10 heteroatoms. The summed E-state index contributed by atoms with van der Waals surface area (Å²) in [4.78, 5) is 12.3. The Labute approximate surface area is 154 Å². The Morgan fingerprint density at radius 2 is 1.89 bits per heavy atom. The lowest BCUT2D eigenvalue weighted by Crippen LogP contribution is -2.09. The number of aromatic nitrogens is 3. The highest BCUT2D eigenvalue weighted by Gasteiger charge is 2.11. The zero-order chi connectivity index (χ0) is 19.4. The zero-order valence-corrected chi connectivity index (χ0v) is 14.8. The van der Waals surface area contributed by atoms with Gasteiger partial charge in [0.25, 0.3) is 0 Å². The van der Waals surface area contributed by atoms with Gasteiger partial charge in [-0.2, -0.15) is 10.2 Å². The molecule has 8 nitrogen and oxygen atoms in total. The summed E-state index contributed by atoms with van der Waals surface area (Å²) in [6, 6.07) is 12.2. The first-order valence-electron chi connectivity index (χ1n) is 7.58. The lowest BCUT2D eigenvalue weighted by Gasteiger charge is -2.09. The van der Waals surface area contributed by atoms with E-state index in [1.807, 2.05) is 6.07 Å². The minimum atomic E-state index is -3.40. The molecule has 0 spiro atoms. The maximum absolute atomic E-state index is 13.3. The second-order valence-electron chi connectivity index (χ2n) is 5.51. The molecule has 27 heavy (non-hydrogen) atoms. The summed E-state index contributed by atoms with van der Waals surface area (Å²) in [6.07, 6.45) is 2.31. The predicted molar refractivity (Wildman–Crippen MR) is 98.1 cm³/mol. The molecular weight excluding hydrogens is 371 g/mol. The predicted octanol–water partition coefficient (Wildman–Crippen LogP) is 2.66. The average molecular weight is 384 g/mol. The molecule has 0 aliphatic carbocycles. The minimum absolute atomic E-state index is 0.103. The van der Waals surface area contributed by atoms with Crippen molar-refractivity contribution < 1.29 is 12.8 Å². The Morgan fingerprint density at radius 1 is 1.11 bits per heavy atom. The second kappa shape index (κ2) is 7.35. The molecular formula is C17H13FN6O2S. The van der Waals surface area contributed by atoms with E-state index in [0.717, 1.165) is 12.3 Å². The standard InChI is InChI=1S/C17H13FN6O2S/c1-27(25,26)24-14-4-2-3-13(8-14)22-17-21-10-20-16(23-17)15-6-5-12(18)7-11(15)9-19/h2-8,10,24H,1H3,(H,20,21,22,23). The fraction of sp³-hybridized carbons (Fsp3) is 0.0588. The molecule has 0 radical (unpaired) electrons. The van der Waals surface area contributed by atoms with Crippen LogP contribution in [0, 0.1) is 17.1 Å². The van der Waals surface area contributed by atoms with E-state index in [2.05, 4.69) is 25.0 Å². The van der Waals surface area contributed by atoms with Crippen LogP contribution in [0.2, 0.25) is 0 Å². The van der Waals surface area contributed by atoms with Gasteiger partial charge in [-0.25, -0.2) is 22.8 Å². The molecule has 0 fully saturated rings. The van der Waals surface area contributed by atoms with Crippen molar-refractivity contribution in [2.24, 2.45) is 0 Å². The minimum Gasteiger partial charge on any atom is -0.324 e. The topological polar surface area (TPSA) is 121 Å². The Balaban J connectivity index is 1.89. The van der Waals surface area contributed by atoms with Gasteiger partial charge in [-0.15, -0.1) is 0 Å². The fourth-order valence-electron chi connectivity index (χ4n) is 2.29. The van der Waals surface area contributed by atoms with Crippen LogP contribution < -0.4 is 10.0 Å². The normalized spacial score (nSPS) is 10.9. The smallest absolute Gasteiger partial charge is 0.230 e. The summed E-state index contributed by atoms with van der Waals surface area (Å²) >= 11 is 0. The average Bonchev–Trinajstić information content (AvgIpc) is 2.60. The van der Waals surface area contributed by atoms with Gasteiger partial charge in [-0.3, -0.25) is 4.72 Å². The molecule has 1 heterocycles. The number of hydrogen-bond acceptors (Lipinski definition) is 7. The van der Waals surface area contributed by atoms with Gasteiger partial charge in [0.05, 0.1) is 23.6 Å². The molecule has 0 atom stereocenters. The van der Waals surface area contributed by atoms with Crippen molar-refractivity contribution in [2.45, 2.75) is 0 Å². The third-order valence-electron chi connectivity index (χ3n) is 3.34. The quantitative estimate of drug-likeness (QED) is 0.694. The zero-order valence-electron chi connectivity index (χ0n) is 14.0. The molecule has 3 aromatic rings. The van der Waals surface area contributed by atoms with E-state index in [-0.39, 0.29) is 17.3 Å². The molecule has 0 saturated heterocycles. The van der Waals surface area contributed by atoms with Crippen LogP contribution >= 0.6 is 0 Å². The van der Waals surface area contributed by atoms with E-state index in [1.165, 1.54) is 18.5 Å². The van der Waals surface area contributed by atoms with Crippen LogP contribution in [0.1, 0.15) is 5.56 Å². The maximum atomic E-state index is 13.3. The fourth-order valence-corrected chi connectivity index (χ4v) is 2.85. The number of nitrogens with zero attached hydrogens (tertiary/aromatic N) is 4. The van der Waals surface area contributed by atoms with Crippen LogP contribution in [-0.2, 0) is 10.0 Å². The van der Waals surface area contributed by atoms with Crippen molar-refractivity contribution in [3.63, 3.8) is 0 Å². The number of halogens is 1. The van der Waals surface area contributed by atoms with Crippen molar-refractivity contribution in [3.05, 3.63) is 60.2 Å². The SMILES string of the molecule is CS(=O)(=O)Nc1cccc(Nc2ncnc(-c3ccc(F)cc3C#N)n2)c1. The van der Waals surface area contributed by atoms with Gasteiger partial charge in [0.1, 0.15) is 12.1 Å². The number of rotatable bonds is 5. The molecule has 2 N–H and O–H groups in total. The lowest BCUT2D eigenvalue weighted by molar-refractivity contribution is 0.607. The van der Waals surface area contributed by atoms with Crippen LogP contribution in [0.15, 0.2) is 48.8 Å². The van der Waals surface area contributed by atoms with Gasteiger partial charge in [-0.05, 0) is 36.4 Å². The van der Waals surface area contributed by atoms with Gasteiger partial charge in [0.15, 0.2) is 5.82 Å². The Morgan fingerprint density at radius 3 is 2.63 bits per heavy atom. The number of benzene rings is 2. The molecule has 1 aromatic heterocycles. The van der Waals surface area contributed by atoms with Crippen LogP contribution in [0.4, 0.5) is 21.7 Å². The molecule has 0 amide bonds. The Hall–Kier alpha value is -3.58. The van der Waals surface area contributed by atoms with E-state index in [9.17, 15) is 18.1 Å². The molecule has 0 bridgehead atoms. The van der Waals surface area contributed by atoms with Crippen LogP contribution in [-0.4, -0.2) is 29.6 Å².